The van der Waals surface area contributed by atoms with Crippen molar-refractivity contribution in [2.24, 2.45) is 0 Å². The molecular formula is C19H26N2O3. The van der Waals surface area contributed by atoms with Gasteiger partial charge >= 0.3 is 5.97 Å². The molecule has 0 aliphatic heterocycles. The average molecular weight is 330 g/mol. The molecule has 1 fully saturated rings. The van der Waals surface area contributed by atoms with E-state index in [-0.39, 0.29) is 17.6 Å². The second-order valence-electron chi connectivity index (χ2n) is 6.03. The van der Waals surface area contributed by atoms with Crippen molar-refractivity contribution in [3.63, 3.8) is 0 Å². The van der Waals surface area contributed by atoms with E-state index in [0.29, 0.717) is 0 Å². The Morgan fingerprint density at radius 1 is 1.21 bits per heavy atom. The summed E-state index contributed by atoms with van der Waals surface area (Å²) in [6, 6.07) is 7.93. The van der Waals surface area contributed by atoms with Gasteiger partial charge in [0.25, 0.3) is 5.91 Å². The molecule has 1 amide bonds. The van der Waals surface area contributed by atoms with Crippen LogP contribution in [-0.4, -0.2) is 25.0 Å². The molecule has 0 atom stereocenters. The van der Waals surface area contributed by atoms with Crippen molar-refractivity contribution in [1.82, 2.24) is 5.32 Å². The number of para-hydroxylation sites is 1. The van der Waals surface area contributed by atoms with E-state index in [1.165, 1.54) is 19.6 Å². The van der Waals surface area contributed by atoms with Crippen LogP contribution in [0.3, 0.4) is 0 Å². The van der Waals surface area contributed by atoms with E-state index in [0.717, 1.165) is 43.4 Å². The van der Waals surface area contributed by atoms with Crippen molar-refractivity contribution in [2.45, 2.75) is 51.5 Å². The Kier molecular flexibility index (Phi) is 6.85. The van der Waals surface area contributed by atoms with Crippen LogP contribution in [0.1, 0.15) is 44.6 Å². The van der Waals surface area contributed by atoms with Crippen LogP contribution in [0.2, 0.25) is 0 Å². The van der Waals surface area contributed by atoms with E-state index in [9.17, 15) is 9.59 Å². The van der Waals surface area contributed by atoms with Crippen LogP contribution < -0.4 is 10.6 Å². The number of methoxy groups -OCH3 is 1. The topological polar surface area (TPSA) is 67.4 Å². The van der Waals surface area contributed by atoms with Gasteiger partial charge in [0.1, 0.15) is 5.70 Å². The van der Waals surface area contributed by atoms with E-state index < -0.39 is 5.97 Å². The first-order valence-corrected chi connectivity index (χ1v) is 8.59. The lowest BCUT2D eigenvalue weighted by atomic mass is 9.95. The standard InChI is InChI=1S/C19H26N2O3/c1-3-14-9-7-8-12-16(14)21-17(13-18(22)24-2)19(23)20-15-10-5-4-6-11-15/h7-9,12-13,15,21H,3-6,10-11H2,1-2H3,(H,20,23)/b17-13-. The molecule has 0 radical (unpaired) electrons. The molecule has 0 aromatic heterocycles. The predicted octanol–water partition coefficient (Wildman–Crippen LogP) is 3.17. The molecule has 0 saturated heterocycles. The minimum Gasteiger partial charge on any atom is -0.466 e. The minimum absolute atomic E-state index is 0.176. The van der Waals surface area contributed by atoms with Crippen molar-refractivity contribution in [2.75, 3.05) is 12.4 Å². The quantitative estimate of drug-likeness (QED) is 0.621. The SMILES string of the molecule is CCc1ccccc1N/C(=C\C(=O)OC)C(=O)NC1CCCCC1. The number of amides is 1. The van der Waals surface area contributed by atoms with Crippen LogP contribution in [-0.2, 0) is 20.7 Å². The smallest absolute Gasteiger partial charge is 0.332 e. The molecule has 24 heavy (non-hydrogen) atoms. The molecule has 1 aromatic carbocycles. The van der Waals surface area contributed by atoms with E-state index >= 15 is 0 Å². The summed E-state index contributed by atoms with van der Waals surface area (Å²) >= 11 is 0. The normalized spacial score (nSPS) is 15.7. The number of ether oxygens (including phenoxy) is 1. The monoisotopic (exact) mass is 330 g/mol. The van der Waals surface area contributed by atoms with E-state index in [2.05, 4.69) is 15.4 Å². The second-order valence-corrected chi connectivity index (χ2v) is 6.03. The van der Waals surface area contributed by atoms with Gasteiger partial charge in [0, 0.05) is 11.7 Å². The third kappa shape index (κ3) is 5.11. The lowest BCUT2D eigenvalue weighted by Crippen LogP contribution is -2.38. The van der Waals surface area contributed by atoms with Crippen molar-refractivity contribution < 1.29 is 14.3 Å². The summed E-state index contributed by atoms with van der Waals surface area (Å²) in [6.07, 6.45) is 7.51. The summed E-state index contributed by atoms with van der Waals surface area (Å²) in [4.78, 5) is 24.3. The Morgan fingerprint density at radius 3 is 2.58 bits per heavy atom. The maximum absolute atomic E-state index is 12.6. The number of hydrogen-bond donors (Lipinski definition) is 2. The zero-order valence-electron chi connectivity index (χ0n) is 14.4. The number of carbonyl (C=O) groups excluding carboxylic acids is 2. The van der Waals surface area contributed by atoms with Gasteiger partial charge < -0.3 is 15.4 Å². The van der Waals surface area contributed by atoms with Gasteiger partial charge in [0.15, 0.2) is 0 Å². The van der Waals surface area contributed by atoms with Crippen LogP contribution in [0.25, 0.3) is 0 Å². The first kappa shape index (κ1) is 18.0. The minimum atomic E-state index is -0.551. The van der Waals surface area contributed by atoms with Gasteiger partial charge in [0.2, 0.25) is 0 Å². The van der Waals surface area contributed by atoms with Crippen molar-refractivity contribution in [3.8, 4) is 0 Å². The summed E-state index contributed by atoms with van der Waals surface area (Å²) < 4.78 is 4.68. The molecule has 0 spiro atoms. The van der Waals surface area contributed by atoms with E-state index in [1.54, 1.807) is 0 Å². The number of aryl methyl sites for hydroxylation is 1. The average Bonchev–Trinajstić information content (AvgIpc) is 2.62. The van der Waals surface area contributed by atoms with Gasteiger partial charge in [-0.2, -0.15) is 0 Å². The third-order valence-electron chi connectivity index (χ3n) is 4.32. The van der Waals surface area contributed by atoms with Gasteiger partial charge in [-0.15, -0.1) is 0 Å². The molecule has 5 heteroatoms. The molecule has 0 heterocycles. The number of nitrogens with one attached hydrogen (secondary N) is 2. The van der Waals surface area contributed by atoms with Crippen LogP contribution in [0.15, 0.2) is 36.0 Å². The highest BCUT2D eigenvalue weighted by Gasteiger charge is 2.19. The largest absolute Gasteiger partial charge is 0.466 e. The molecule has 0 unspecified atom stereocenters. The molecule has 1 aliphatic rings. The summed E-state index contributed by atoms with van der Waals surface area (Å²) in [6.45, 7) is 2.05. The van der Waals surface area contributed by atoms with E-state index in [1.807, 2.05) is 31.2 Å². The summed E-state index contributed by atoms with van der Waals surface area (Å²) in [7, 11) is 1.30. The first-order valence-electron chi connectivity index (χ1n) is 8.59. The van der Waals surface area contributed by atoms with Gasteiger partial charge in [-0.1, -0.05) is 44.4 Å². The Hall–Kier alpha value is -2.30. The zero-order valence-corrected chi connectivity index (χ0v) is 14.4. The predicted molar refractivity (Wildman–Crippen MR) is 94.6 cm³/mol. The first-order chi connectivity index (χ1) is 11.6. The molecule has 0 bridgehead atoms. The number of carbonyl (C=O) groups is 2. The summed E-state index contributed by atoms with van der Waals surface area (Å²) in [5.41, 5.74) is 2.13. The molecule has 5 nitrogen and oxygen atoms in total. The fourth-order valence-electron chi connectivity index (χ4n) is 2.94. The Bertz CT molecular complexity index is 604. The second kappa shape index (κ2) is 9.11. The van der Waals surface area contributed by atoms with Crippen LogP contribution >= 0.6 is 0 Å². The number of rotatable bonds is 6. The molecule has 2 N–H and O–H groups in total. The summed E-state index contributed by atoms with van der Waals surface area (Å²) in [5.74, 6) is -0.816. The van der Waals surface area contributed by atoms with Crippen molar-refractivity contribution >= 4 is 17.6 Å². The molecule has 130 valence electrons. The van der Waals surface area contributed by atoms with Crippen molar-refractivity contribution in [3.05, 3.63) is 41.6 Å². The molecule has 1 aromatic rings. The third-order valence-corrected chi connectivity index (χ3v) is 4.32. The van der Waals surface area contributed by atoms with Crippen LogP contribution in [0.4, 0.5) is 5.69 Å². The fourth-order valence-corrected chi connectivity index (χ4v) is 2.94. The fraction of sp³-hybridized carbons (Fsp3) is 0.474. The maximum atomic E-state index is 12.6. The number of anilines is 1. The highest BCUT2D eigenvalue weighted by Crippen LogP contribution is 2.20. The molecule has 1 saturated carbocycles. The Balaban J connectivity index is 2.16. The van der Waals surface area contributed by atoms with Gasteiger partial charge in [-0.25, -0.2) is 4.79 Å². The van der Waals surface area contributed by atoms with Crippen LogP contribution in [0, 0.1) is 0 Å². The maximum Gasteiger partial charge on any atom is 0.332 e. The van der Waals surface area contributed by atoms with Crippen LogP contribution in [0.5, 0.6) is 0 Å². The molecular weight excluding hydrogens is 304 g/mol. The lowest BCUT2D eigenvalue weighted by molar-refractivity contribution is -0.135. The Morgan fingerprint density at radius 2 is 1.92 bits per heavy atom. The van der Waals surface area contributed by atoms with Gasteiger partial charge in [-0.05, 0) is 30.9 Å². The molecule has 2 rings (SSSR count). The number of hydrogen-bond acceptors (Lipinski definition) is 4. The van der Waals surface area contributed by atoms with Crippen molar-refractivity contribution in [1.29, 1.82) is 0 Å². The van der Waals surface area contributed by atoms with Gasteiger partial charge in [-0.3, -0.25) is 4.79 Å². The van der Waals surface area contributed by atoms with Gasteiger partial charge in [0.05, 0.1) is 13.2 Å². The number of benzene rings is 1. The highest BCUT2D eigenvalue weighted by atomic mass is 16.5. The Labute approximate surface area is 143 Å². The summed E-state index contributed by atoms with van der Waals surface area (Å²) in [5, 5.41) is 6.13. The molecule has 1 aliphatic carbocycles. The lowest BCUT2D eigenvalue weighted by Gasteiger charge is -2.24. The number of esters is 1. The zero-order chi connectivity index (χ0) is 17.4. The highest BCUT2D eigenvalue weighted by molar-refractivity contribution is 6.02. The van der Waals surface area contributed by atoms with E-state index in [4.69, 9.17) is 0 Å².